The molecule has 1 aliphatic heterocycles. The predicted octanol–water partition coefficient (Wildman–Crippen LogP) is 2.20. The first-order valence-electron chi connectivity index (χ1n) is 8.45. The van der Waals surface area contributed by atoms with Crippen LogP contribution in [0.5, 0.6) is 0 Å². The second-order valence-corrected chi connectivity index (χ2v) is 6.86. The Hall–Kier alpha value is -0.900. The highest BCUT2D eigenvalue weighted by molar-refractivity contribution is 5.41. The summed E-state index contributed by atoms with van der Waals surface area (Å²) >= 11 is 0. The Kier molecular flexibility index (Phi) is 4.34. The summed E-state index contributed by atoms with van der Waals surface area (Å²) in [6.07, 6.45) is 4.67. The van der Waals surface area contributed by atoms with E-state index in [9.17, 15) is 0 Å². The van der Waals surface area contributed by atoms with E-state index in [1.54, 1.807) is 0 Å². The molecule has 2 N–H and O–H groups in total. The van der Waals surface area contributed by atoms with E-state index in [2.05, 4.69) is 48.0 Å². The van der Waals surface area contributed by atoms with Gasteiger partial charge >= 0.3 is 0 Å². The Morgan fingerprint density at radius 2 is 1.90 bits per heavy atom. The number of likely N-dealkylation sites (N-methyl/N-ethyl adjacent to an activating group) is 1. The number of nitrogens with zero attached hydrogens (tertiary/aromatic N) is 2. The van der Waals surface area contributed by atoms with Crippen LogP contribution >= 0.6 is 0 Å². The number of fused-ring (bicyclic) bond motifs is 1. The fourth-order valence-electron chi connectivity index (χ4n) is 4.08. The quantitative estimate of drug-likeness (QED) is 0.921. The van der Waals surface area contributed by atoms with Gasteiger partial charge < -0.3 is 10.6 Å². The summed E-state index contributed by atoms with van der Waals surface area (Å²) in [5.74, 6) is 0. The minimum Gasteiger partial charge on any atom is -0.320 e. The molecule has 0 radical (unpaired) electrons. The topological polar surface area (TPSA) is 32.5 Å². The van der Waals surface area contributed by atoms with Crippen LogP contribution in [0, 0.1) is 0 Å². The van der Waals surface area contributed by atoms with Gasteiger partial charge in [-0.3, -0.25) is 4.90 Å². The zero-order valence-electron chi connectivity index (χ0n) is 13.5. The zero-order chi connectivity index (χ0) is 14.9. The molecule has 2 aliphatic rings. The van der Waals surface area contributed by atoms with Crippen molar-refractivity contribution in [1.82, 2.24) is 9.80 Å². The van der Waals surface area contributed by atoms with Gasteiger partial charge in [0.1, 0.15) is 0 Å². The van der Waals surface area contributed by atoms with Gasteiger partial charge in [0.2, 0.25) is 0 Å². The summed E-state index contributed by atoms with van der Waals surface area (Å²) in [6, 6.07) is 9.33. The molecule has 0 amide bonds. The van der Waals surface area contributed by atoms with Crippen molar-refractivity contribution in [3.05, 3.63) is 35.4 Å². The van der Waals surface area contributed by atoms with E-state index >= 15 is 0 Å². The first-order valence-corrected chi connectivity index (χ1v) is 8.45. The third-order valence-corrected chi connectivity index (χ3v) is 5.45. The molecule has 21 heavy (non-hydrogen) atoms. The van der Waals surface area contributed by atoms with Crippen molar-refractivity contribution in [3.63, 3.8) is 0 Å². The van der Waals surface area contributed by atoms with E-state index in [0.717, 1.165) is 39.0 Å². The maximum atomic E-state index is 7.01. The number of rotatable bonds is 4. The van der Waals surface area contributed by atoms with Crippen LogP contribution in [0.1, 0.15) is 37.3 Å². The van der Waals surface area contributed by atoms with Crippen molar-refractivity contribution >= 4 is 0 Å². The maximum Gasteiger partial charge on any atom is 0.0573 e. The minimum absolute atomic E-state index is 0.150. The van der Waals surface area contributed by atoms with Crippen molar-refractivity contribution in [2.24, 2.45) is 5.73 Å². The zero-order valence-corrected chi connectivity index (χ0v) is 13.5. The third kappa shape index (κ3) is 2.75. The molecule has 1 heterocycles. The molecular weight excluding hydrogens is 258 g/mol. The smallest absolute Gasteiger partial charge is 0.0573 e. The van der Waals surface area contributed by atoms with Gasteiger partial charge in [0, 0.05) is 32.2 Å². The van der Waals surface area contributed by atoms with Gasteiger partial charge in [-0.2, -0.15) is 0 Å². The molecule has 0 saturated carbocycles. The SMILES string of the molecule is CCCCC1(N)c2ccccc2CC1N1CCN(C)CC1. The molecule has 1 fully saturated rings. The Balaban J connectivity index is 1.86. The highest BCUT2D eigenvalue weighted by atomic mass is 15.3. The number of unbranched alkanes of at least 4 members (excludes halogenated alkanes) is 1. The van der Waals surface area contributed by atoms with Crippen LogP contribution in [-0.2, 0) is 12.0 Å². The lowest BCUT2D eigenvalue weighted by Gasteiger charge is -2.43. The van der Waals surface area contributed by atoms with Crippen molar-refractivity contribution < 1.29 is 0 Å². The summed E-state index contributed by atoms with van der Waals surface area (Å²) in [5.41, 5.74) is 9.74. The molecule has 3 rings (SSSR count). The maximum absolute atomic E-state index is 7.01. The second-order valence-electron chi connectivity index (χ2n) is 6.86. The molecule has 3 heteroatoms. The normalized spacial score (nSPS) is 30.5. The van der Waals surface area contributed by atoms with Crippen LogP contribution in [0.3, 0.4) is 0 Å². The lowest BCUT2D eigenvalue weighted by molar-refractivity contribution is 0.0707. The monoisotopic (exact) mass is 287 g/mol. The van der Waals surface area contributed by atoms with Crippen LogP contribution in [0.4, 0.5) is 0 Å². The van der Waals surface area contributed by atoms with Crippen LogP contribution in [0.15, 0.2) is 24.3 Å². The van der Waals surface area contributed by atoms with Crippen molar-refractivity contribution in [1.29, 1.82) is 0 Å². The van der Waals surface area contributed by atoms with Gasteiger partial charge in [0.25, 0.3) is 0 Å². The van der Waals surface area contributed by atoms with Gasteiger partial charge in [0.05, 0.1) is 5.54 Å². The average Bonchev–Trinajstić information content (AvgIpc) is 2.80. The second kappa shape index (κ2) is 6.07. The highest BCUT2D eigenvalue weighted by Gasteiger charge is 2.46. The third-order valence-electron chi connectivity index (χ3n) is 5.45. The van der Waals surface area contributed by atoms with Gasteiger partial charge in [-0.05, 0) is 31.0 Å². The van der Waals surface area contributed by atoms with E-state index in [-0.39, 0.29) is 5.54 Å². The number of piperazine rings is 1. The lowest BCUT2D eigenvalue weighted by atomic mass is 9.83. The summed E-state index contributed by atoms with van der Waals surface area (Å²) in [4.78, 5) is 5.07. The Morgan fingerprint density at radius 3 is 2.62 bits per heavy atom. The van der Waals surface area contributed by atoms with E-state index in [4.69, 9.17) is 5.73 Å². The largest absolute Gasteiger partial charge is 0.320 e. The fraction of sp³-hybridized carbons (Fsp3) is 0.667. The number of nitrogens with two attached hydrogens (primary N) is 1. The molecule has 1 saturated heterocycles. The van der Waals surface area contributed by atoms with E-state index < -0.39 is 0 Å². The number of hydrogen-bond donors (Lipinski definition) is 1. The van der Waals surface area contributed by atoms with Crippen LogP contribution in [0.25, 0.3) is 0 Å². The van der Waals surface area contributed by atoms with Crippen LogP contribution < -0.4 is 5.73 Å². The first-order chi connectivity index (χ1) is 10.1. The van der Waals surface area contributed by atoms with Crippen LogP contribution in [0.2, 0.25) is 0 Å². The fourth-order valence-corrected chi connectivity index (χ4v) is 4.08. The molecule has 116 valence electrons. The summed E-state index contributed by atoms with van der Waals surface area (Å²) in [6.45, 7) is 6.89. The van der Waals surface area contributed by atoms with Crippen molar-refractivity contribution in [3.8, 4) is 0 Å². The molecule has 3 nitrogen and oxygen atoms in total. The average molecular weight is 287 g/mol. The molecule has 1 aromatic rings. The Morgan fingerprint density at radius 1 is 1.19 bits per heavy atom. The first kappa shape index (κ1) is 15.0. The van der Waals surface area contributed by atoms with Gasteiger partial charge in [0.15, 0.2) is 0 Å². The molecule has 2 unspecified atom stereocenters. The summed E-state index contributed by atoms with van der Waals surface area (Å²) < 4.78 is 0. The molecule has 0 bridgehead atoms. The molecule has 0 spiro atoms. The van der Waals surface area contributed by atoms with Crippen molar-refractivity contribution in [2.75, 3.05) is 33.2 Å². The Labute approximate surface area is 129 Å². The highest BCUT2D eigenvalue weighted by Crippen LogP contribution is 2.41. The molecule has 2 atom stereocenters. The predicted molar refractivity (Wildman–Crippen MR) is 88.4 cm³/mol. The van der Waals surface area contributed by atoms with Crippen LogP contribution in [-0.4, -0.2) is 49.1 Å². The van der Waals surface area contributed by atoms with Gasteiger partial charge in [-0.1, -0.05) is 44.0 Å². The minimum atomic E-state index is -0.150. The van der Waals surface area contributed by atoms with E-state index in [1.807, 2.05) is 0 Å². The number of benzene rings is 1. The summed E-state index contributed by atoms with van der Waals surface area (Å²) in [7, 11) is 2.22. The van der Waals surface area contributed by atoms with E-state index in [1.165, 1.54) is 24.0 Å². The molecular formula is C18H29N3. The Bertz CT molecular complexity index is 479. The number of hydrogen-bond acceptors (Lipinski definition) is 3. The van der Waals surface area contributed by atoms with Gasteiger partial charge in [-0.25, -0.2) is 0 Å². The standard InChI is InChI=1S/C18H29N3/c1-3-4-9-18(19)16-8-6-5-7-15(16)14-17(18)21-12-10-20(2)11-13-21/h5-8,17H,3-4,9-14,19H2,1-2H3. The van der Waals surface area contributed by atoms with E-state index in [0.29, 0.717) is 6.04 Å². The van der Waals surface area contributed by atoms with Gasteiger partial charge in [-0.15, -0.1) is 0 Å². The van der Waals surface area contributed by atoms with Crippen molar-refractivity contribution in [2.45, 2.75) is 44.2 Å². The molecule has 1 aliphatic carbocycles. The lowest BCUT2D eigenvalue weighted by Crippen LogP contribution is -2.58. The molecule has 1 aromatic carbocycles. The summed E-state index contributed by atoms with van der Waals surface area (Å²) in [5, 5.41) is 0. The molecule has 0 aromatic heterocycles.